The molecule has 0 aliphatic carbocycles. The third-order valence-corrected chi connectivity index (χ3v) is 5.69. The lowest BCUT2D eigenvalue weighted by Crippen LogP contribution is -2.36. The van der Waals surface area contributed by atoms with Crippen molar-refractivity contribution in [1.82, 2.24) is 9.38 Å². The van der Waals surface area contributed by atoms with Crippen molar-refractivity contribution in [2.45, 2.75) is 0 Å². The maximum atomic E-state index is 13.0. The van der Waals surface area contributed by atoms with Gasteiger partial charge in [0.2, 0.25) is 0 Å². The Morgan fingerprint density at radius 1 is 1.04 bits per heavy atom. The van der Waals surface area contributed by atoms with Gasteiger partial charge in [-0.25, -0.2) is 9.38 Å². The van der Waals surface area contributed by atoms with E-state index in [4.69, 9.17) is 4.74 Å². The minimum absolute atomic E-state index is 0.00418. The second kappa shape index (κ2) is 6.23. The number of hydrogen-bond acceptors (Lipinski definition) is 5. The highest BCUT2D eigenvalue weighted by atomic mass is 32.1. The molecule has 2 aromatic heterocycles. The minimum atomic E-state index is -0.00418. The predicted octanol–water partition coefficient (Wildman–Crippen LogP) is 2.29. The largest absolute Gasteiger partial charge is 0.378 e. The van der Waals surface area contributed by atoms with Gasteiger partial charge in [0.1, 0.15) is 0 Å². The van der Waals surface area contributed by atoms with E-state index in [1.165, 1.54) is 11.3 Å². The van der Waals surface area contributed by atoms with Crippen LogP contribution in [0.4, 0.5) is 5.69 Å². The van der Waals surface area contributed by atoms with Crippen molar-refractivity contribution in [3.05, 3.63) is 69.0 Å². The molecule has 1 saturated heterocycles. The molecular weight excluding hydrogens is 346 g/mol. The number of para-hydroxylation sites is 3. The lowest BCUT2D eigenvalue weighted by atomic mass is 10.1. The number of morpholine rings is 1. The molecule has 1 fully saturated rings. The van der Waals surface area contributed by atoms with E-state index in [2.05, 4.69) is 22.0 Å². The summed E-state index contributed by atoms with van der Waals surface area (Å²) < 4.78 is 7.88. The van der Waals surface area contributed by atoms with Gasteiger partial charge < -0.3 is 9.64 Å². The van der Waals surface area contributed by atoms with Crippen LogP contribution in [0, 0.1) is 0 Å². The maximum Gasteiger partial charge on any atom is 0.274 e. The van der Waals surface area contributed by atoms with Gasteiger partial charge >= 0.3 is 0 Å². The van der Waals surface area contributed by atoms with Gasteiger partial charge in [0.15, 0.2) is 4.96 Å². The van der Waals surface area contributed by atoms with Crippen LogP contribution in [0.3, 0.4) is 0 Å². The summed E-state index contributed by atoms with van der Waals surface area (Å²) in [5, 5.41) is 0. The van der Waals surface area contributed by atoms with Gasteiger partial charge in [-0.15, -0.1) is 0 Å². The number of benzene rings is 2. The monoisotopic (exact) mass is 363 g/mol. The summed E-state index contributed by atoms with van der Waals surface area (Å²) in [5.74, 6) is 0. The number of aromatic nitrogens is 2. The van der Waals surface area contributed by atoms with E-state index in [0.29, 0.717) is 4.53 Å². The fraction of sp³-hybridized carbons (Fsp3) is 0.200. The van der Waals surface area contributed by atoms with Crippen LogP contribution in [0.15, 0.2) is 53.3 Å². The molecule has 0 spiro atoms. The Morgan fingerprint density at radius 2 is 1.81 bits per heavy atom. The van der Waals surface area contributed by atoms with E-state index < -0.39 is 0 Å². The van der Waals surface area contributed by atoms with E-state index >= 15 is 0 Å². The van der Waals surface area contributed by atoms with E-state index in [0.717, 1.165) is 53.5 Å². The molecule has 2 aromatic carbocycles. The molecule has 0 saturated carbocycles. The molecule has 5 nitrogen and oxygen atoms in total. The van der Waals surface area contributed by atoms with E-state index in [1.54, 1.807) is 4.40 Å². The van der Waals surface area contributed by atoms with Crippen molar-refractivity contribution >= 4 is 39.1 Å². The van der Waals surface area contributed by atoms with Gasteiger partial charge in [-0.2, -0.15) is 0 Å². The SMILES string of the molecule is O=c1c(=Cc2ccccc2N2CCOCC2)sc2nc3ccccc3n12. The molecule has 4 aromatic rings. The third-order valence-electron chi connectivity index (χ3n) is 4.72. The Labute approximate surface area is 153 Å². The molecule has 6 heteroatoms. The van der Waals surface area contributed by atoms with Crippen molar-refractivity contribution < 1.29 is 4.74 Å². The molecule has 130 valence electrons. The van der Waals surface area contributed by atoms with E-state index in [-0.39, 0.29) is 5.56 Å². The molecule has 26 heavy (non-hydrogen) atoms. The minimum Gasteiger partial charge on any atom is -0.378 e. The highest BCUT2D eigenvalue weighted by molar-refractivity contribution is 7.15. The highest BCUT2D eigenvalue weighted by Gasteiger charge is 2.15. The molecule has 1 aliphatic heterocycles. The van der Waals surface area contributed by atoms with Crippen LogP contribution >= 0.6 is 11.3 Å². The quantitative estimate of drug-likeness (QED) is 0.548. The van der Waals surface area contributed by atoms with Crippen molar-refractivity contribution in [1.29, 1.82) is 0 Å². The lowest BCUT2D eigenvalue weighted by molar-refractivity contribution is 0.122. The Morgan fingerprint density at radius 3 is 2.69 bits per heavy atom. The zero-order valence-electron chi connectivity index (χ0n) is 14.1. The molecule has 0 N–H and O–H groups in total. The molecule has 0 atom stereocenters. The molecule has 0 unspecified atom stereocenters. The van der Waals surface area contributed by atoms with Crippen LogP contribution in [0.2, 0.25) is 0 Å². The summed E-state index contributed by atoms with van der Waals surface area (Å²) in [7, 11) is 0. The van der Waals surface area contributed by atoms with Crippen LogP contribution < -0.4 is 15.0 Å². The summed E-state index contributed by atoms with van der Waals surface area (Å²) >= 11 is 1.44. The van der Waals surface area contributed by atoms with Crippen molar-refractivity contribution in [3.8, 4) is 0 Å². The number of anilines is 1. The molecule has 1 aliphatic rings. The molecule has 0 amide bonds. The second-order valence-corrected chi connectivity index (χ2v) is 7.30. The van der Waals surface area contributed by atoms with E-state index in [9.17, 15) is 4.79 Å². The normalized spacial score (nSPS) is 16.0. The Kier molecular flexibility index (Phi) is 3.72. The number of nitrogens with zero attached hydrogens (tertiary/aromatic N) is 3. The summed E-state index contributed by atoms with van der Waals surface area (Å²) in [4.78, 5) is 20.6. The molecule has 0 radical (unpaired) electrons. The molecule has 5 rings (SSSR count). The van der Waals surface area contributed by atoms with Crippen LogP contribution in [0.5, 0.6) is 0 Å². The average molecular weight is 363 g/mol. The fourth-order valence-electron chi connectivity index (χ4n) is 3.46. The van der Waals surface area contributed by atoms with Crippen molar-refractivity contribution in [2.75, 3.05) is 31.2 Å². The van der Waals surface area contributed by atoms with Gasteiger partial charge in [-0.05, 0) is 29.8 Å². The van der Waals surface area contributed by atoms with Gasteiger partial charge in [0, 0.05) is 18.8 Å². The first kappa shape index (κ1) is 15.5. The predicted molar refractivity (Wildman–Crippen MR) is 105 cm³/mol. The zero-order valence-corrected chi connectivity index (χ0v) is 14.9. The van der Waals surface area contributed by atoms with Gasteiger partial charge in [-0.1, -0.05) is 41.7 Å². The standard InChI is InChI=1S/C20H17N3O2S/c24-19-18(26-20-21-15-6-2-4-8-17(15)23(19)20)13-14-5-1-3-7-16(14)22-9-11-25-12-10-22/h1-8,13H,9-12H2. The number of thiazole rings is 1. The number of hydrogen-bond donors (Lipinski definition) is 0. The van der Waals surface area contributed by atoms with Crippen LogP contribution in [0.1, 0.15) is 5.56 Å². The summed E-state index contributed by atoms with van der Waals surface area (Å²) in [6, 6.07) is 16.0. The third kappa shape index (κ3) is 2.50. The zero-order chi connectivity index (χ0) is 17.5. The van der Waals surface area contributed by atoms with Crippen molar-refractivity contribution in [3.63, 3.8) is 0 Å². The van der Waals surface area contributed by atoms with Crippen molar-refractivity contribution in [2.24, 2.45) is 0 Å². The van der Waals surface area contributed by atoms with Gasteiger partial charge in [0.25, 0.3) is 5.56 Å². The second-order valence-electron chi connectivity index (χ2n) is 6.29. The smallest absolute Gasteiger partial charge is 0.274 e. The molecule has 3 heterocycles. The maximum absolute atomic E-state index is 13.0. The number of fused-ring (bicyclic) bond motifs is 3. The summed E-state index contributed by atoms with van der Waals surface area (Å²) in [5.41, 5.74) is 3.92. The molecular formula is C20H17N3O2S. The van der Waals surface area contributed by atoms with Gasteiger partial charge in [0.05, 0.1) is 28.8 Å². The first-order valence-electron chi connectivity index (χ1n) is 8.65. The number of imidazole rings is 1. The number of ether oxygens (including phenoxy) is 1. The average Bonchev–Trinajstić information content (AvgIpc) is 3.19. The van der Waals surface area contributed by atoms with Gasteiger partial charge in [-0.3, -0.25) is 4.79 Å². The van der Waals surface area contributed by atoms with E-state index in [1.807, 2.05) is 42.5 Å². The van der Waals surface area contributed by atoms with Crippen LogP contribution in [-0.4, -0.2) is 35.7 Å². The first-order valence-corrected chi connectivity index (χ1v) is 9.46. The fourth-order valence-corrected chi connectivity index (χ4v) is 4.43. The number of rotatable bonds is 2. The lowest BCUT2D eigenvalue weighted by Gasteiger charge is -2.30. The summed E-state index contributed by atoms with van der Waals surface area (Å²) in [6.45, 7) is 3.21. The Balaban J connectivity index is 1.68. The summed E-state index contributed by atoms with van der Waals surface area (Å²) in [6.07, 6.45) is 1.99. The van der Waals surface area contributed by atoms with Crippen LogP contribution in [-0.2, 0) is 4.74 Å². The van der Waals surface area contributed by atoms with Crippen LogP contribution in [0.25, 0.3) is 22.1 Å². The topological polar surface area (TPSA) is 46.8 Å². The molecule has 0 bridgehead atoms. The first-order chi connectivity index (χ1) is 12.8. The Hall–Kier alpha value is -2.70. The Bertz CT molecular complexity index is 1200. The highest BCUT2D eigenvalue weighted by Crippen LogP contribution is 2.22.